The van der Waals surface area contributed by atoms with Gasteiger partial charge in [0.1, 0.15) is 5.82 Å². The molecule has 0 saturated carbocycles. The van der Waals surface area contributed by atoms with E-state index >= 15 is 0 Å². The maximum Gasteiger partial charge on any atom is 0.128 e. The Morgan fingerprint density at radius 2 is 2.00 bits per heavy atom. The van der Waals surface area contributed by atoms with Crippen molar-refractivity contribution in [3.63, 3.8) is 0 Å². The van der Waals surface area contributed by atoms with Crippen LogP contribution >= 0.6 is 0 Å². The summed E-state index contributed by atoms with van der Waals surface area (Å²) in [5.74, 6) is 1.05. The molecule has 3 rings (SSSR count). The summed E-state index contributed by atoms with van der Waals surface area (Å²) >= 11 is 0. The lowest BCUT2D eigenvalue weighted by Gasteiger charge is -2.30. The number of anilines is 1. The molecule has 0 fully saturated rings. The first-order valence-corrected chi connectivity index (χ1v) is 7.31. The highest BCUT2D eigenvalue weighted by Gasteiger charge is 2.17. The Labute approximate surface area is 120 Å². The van der Waals surface area contributed by atoms with E-state index in [0.717, 1.165) is 37.3 Å². The molecule has 1 aromatic carbocycles. The molecule has 3 nitrogen and oxygen atoms in total. The Morgan fingerprint density at radius 3 is 2.70 bits per heavy atom. The smallest absolute Gasteiger partial charge is 0.128 e. The van der Waals surface area contributed by atoms with Gasteiger partial charge in [-0.3, -0.25) is 0 Å². The Kier molecular flexibility index (Phi) is 3.70. The van der Waals surface area contributed by atoms with Gasteiger partial charge < -0.3 is 10.6 Å². The van der Waals surface area contributed by atoms with Crippen LogP contribution in [0, 0.1) is 0 Å². The molecule has 2 N–H and O–H groups in total. The number of hydrogen-bond donors (Lipinski definition) is 1. The first-order valence-electron chi connectivity index (χ1n) is 7.31. The fourth-order valence-electron chi connectivity index (χ4n) is 2.73. The third-order valence-electron chi connectivity index (χ3n) is 4.09. The summed E-state index contributed by atoms with van der Waals surface area (Å²) in [5, 5.41) is 0. The van der Waals surface area contributed by atoms with E-state index in [2.05, 4.69) is 53.2 Å². The van der Waals surface area contributed by atoms with Crippen molar-refractivity contribution in [1.29, 1.82) is 0 Å². The minimum absolute atomic E-state index is 0.0960. The largest absolute Gasteiger partial charge is 0.352 e. The van der Waals surface area contributed by atoms with Crippen LogP contribution in [0.4, 0.5) is 5.82 Å². The summed E-state index contributed by atoms with van der Waals surface area (Å²) in [7, 11) is 0. The van der Waals surface area contributed by atoms with Crippen LogP contribution in [-0.2, 0) is 13.0 Å². The molecule has 3 heteroatoms. The average Bonchev–Trinajstić information content (AvgIpc) is 2.54. The molecule has 0 spiro atoms. The van der Waals surface area contributed by atoms with Crippen LogP contribution in [0.1, 0.15) is 36.1 Å². The van der Waals surface area contributed by atoms with E-state index < -0.39 is 0 Å². The maximum absolute atomic E-state index is 6.03. The number of pyridine rings is 1. The fourth-order valence-corrected chi connectivity index (χ4v) is 2.73. The van der Waals surface area contributed by atoms with Crippen molar-refractivity contribution in [1.82, 2.24) is 4.98 Å². The topological polar surface area (TPSA) is 42.1 Å². The molecular formula is C17H21N3. The number of aromatic nitrogens is 1. The summed E-state index contributed by atoms with van der Waals surface area (Å²) in [6, 6.07) is 13.0. The highest BCUT2D eigenvalue weighted by molar-refractivity contribution is 5.44. The monoisotopic (exact) mass is 267 g/mol. The van der Waals surface area contributed by atoms with E-state index in [1.54, 1.807) is 0 Å². The van der Waals surface area contributed by atoms with Crippen LogP contribution in [0.15, 0.2) is 42.6 Å². The normalized spacial score (nSPS) is 15.8. The highest BCUT2D eigenvalue weighted by Crippen LogP contribution is 2.23. The lowest BCUT2D eigenvalue weighted by Crippen LogP contribution is -2.31. The van der Waals surface area contributed by atoms with E-state index in [4.69, 9.17) is 5.73 Å². The second-order valence-corrected chi connectivity index (χ2v) is 5.40. The van der Waals surface area contributed by atoms with Crippen LogP contribution in [0.25, 0.3) is 0 Å². The molecule has 2 heterocycles. The average molecular weight is 267 g/mol. The number of nitrogens with two attached hydrogens (primary N) is 1. The molecular weight excluding hydrogens is 246 g/mol. The number of nitrogens with zero attached hydrogens (tertiary/aromatic N) is 2. The minimum Gasteiger partial charge on any atom is -0.352 e. The summed E-state index contributed by atoms with van der Waals surface area (Å²) < 4.78 is 0. The second-order valence-electron chi connectivity index (χ2n) is 5.40. The molecule has 0 aliphatic carbocycles. The molecule has 1 aromatic heterocycles. The van der Waals surface area contributed by atoms with Crippen molar-refractivity contribution in [3.05, 3.63) is 59.3 Å². The maximum atomic E-state index is 6.03. The van der Waals surface area contributed by atoms with Gasteiger partial charge in [-0.15, -0.1) is 0 Å². The molecule has 0 bridgehead atoms. The van der Waals surface area contributed by atoms with E-state index in [1.165, 1.54) is 11.1 Å². The first kappa shape index (κ1) is 13.1. The van der Waals surface area contributed by atoms with E-state index in [0.29, 0.717) is 0 Å². The number of benzene rings is 1. The molecule has 20 heavy (non-hydrogen) atoms. The van der Waals surface area contributed by atoms with Crippen LogP contribution in [-0.4, -0.2) is 11.5 Å². The van der Waals surface area contributed by atoms with Crippen LogP contribution < -0.4 is 10.6 Å². The number of rotatable bonds is 3. The predicted octanol–water partition coefficient (Wildman–Crippen LogP) is 3.05. The Hall–Kier alpha value is -1.87. The van der Waals surface area contributed by atoms with Gasteiger partial charge >= 0.3 is 0 Å². The van der Waals surface area contributed by atoms with Crippen LogP contribution in [0.2, 0.25) is 0 Å². The molecule has 0 saturated heterocycles. The van der Waals surface area contributed by atoms with Gasteiger partial charge in [-0.1, -0.05) is 37.3 Å². The quantitative estimate of drug-likeness (QED) is 0.929. The van der Waals surface area contributed by atoms with Gasteiger partial charge in [0.05, 0.1) is 0 Å². The van der Waals surface area contributed by atoms with Crippen LogP contribution in [0.3, 0.4) is 0 Å². The Bertz CT molecular complexity index is 577. The lowest BCUT2D eigenvalue weighted by atomic mass is 10.00. The van der Waals surface area contributed by atoms with Gasteiger partial charge in [0, 0.05) is 25.3 Å². The first-order chi connectivity index (χ1) is 9.78. The van der Waals surface area contributed by atoms with Gasteiger partial charge in [0.25, 0.3) is 0 Å². The highest BCUT2D eigenvalue weighted by atomic mass is 15.2. The van der Waals surface area contributed by atoms with Crippen molar-refractivity contribution in [3.8, 4) is 0 Å². The van der Waals surface area contributed by atoms with Gasteiger partial charge in [-0.25, -0.2) is 4.98 Å². The Morgan fingerprint density at radius 1 is 1.20 bits per heavy atom. The molecule has 0 radical (unpaired) electrons. The molecule has 104 valence electrons. The number of hydrogen-bond acceptors (Lipinski definition) is 3. The van der Waals surface area contributed by atoms with Crippen molar-refractivity contribution in [2.75, 3.05) is 11.4 Å². The van der Waals surface area contributed by atoms with E-state index in [-0.39, 0.29) is 6.04 Å². The summed E-state index contributed by atoms with van der Waals surface area (Å²) in [5.41, 5.74) is 10.0. The second kappa shape index (κ2) is 5.63. The zero-order chi connectivity index (χ0) is 13.9. The van der Waals surface area contributed by atoms with E-state index in [9.17, 15) is 0 Å². The summed E-state index contributed by atoms with van der Waals surface area (Å²) in [6.07, 6.45) is 3.95. The van der Waals surface area contributed by atoms with Gasteiger partial charge in [0.2, 0.25) is 0 Å². The van der Waals surface area contributed by atoms with Gasteiger partial charge in [-0.05, 0) is 35.6 Å². The molecule has 1 aliphatic heterocycles. The summed E-state index contributed by atoms with van der Waals surface area (Å²) in [4.78, 5) is 6.93. The standard InChI is InChI=1S/C17H21N3/c1-2-16(18)14-7-8-17(19-11-14)20-10-9-13-5-3-4-6-15(13)12-20/h3-8,11,16H,2,9-10,12,18H2,1H3. The zero-order valence-electron chi connectivity index (χ0n) is 11.9. The third kappa shape index (κ3) is 2.54. The van der Waals surface area contributed by atoms with Crippen molar-refractivity contribution < 1.29 is 0 Å². The molecule has 1 unspecified atom stereocenters. The summed E-state index contributed by atoms with van der Waals surface area (Å²) in [6.45, 7) is 4.08. The van der Waals surface area contributed by atoms with Gasteiger partial charge in [-0.2, -0.15) is 0 Å². The Balaban J connectivity index is 1.78. The lowest BCUT2D eigenvalue weighted by molar-refractivity contribution is 0.689. The van der Waals surface area contributed by atoms with Crippen LogP contribution in [0.5, 0.6) is 0 Å². The zero-order valence-corrected chi connectivity index (χ0v) is 11.9. The third-order valence-corrected chi connectivity index (χ3v) is 4.09. The predicted molar refractivity (Wildman–Crippen MR) is 82.7 cm³/mol. The van der Waals surface area contributed by atoms with Crippen molar-refractivity contribution in [2.45, 2.75) is 32.4 Å². The molecule has 0 amide bonds. The minimum atomic E-state index is 0.0960. The van der Waals surface area contributed by atoms with Gasteiger partial charge in [0.15, 0.2) is 0 Å². The number of fused-ring (bicyclic) bond motifs is 1. The SMILES string of the molecule is CCC(N)c1ccc(N2CCc3ccccc3C2)nc1. The molecule has 1 atom stereocenters. The molecule has 1 aliphatic rings. The van der Waals surface area contributed by atoms with Crippen molar-refractivity contribution in [2.24, 2.45) is 5.73 Å². The van der Waals surface area contributed by atoms with Crippen molar-refractivity contribution >= 4 is 5.82 Å². The molecule has 2 aromatic rings. The van der Waals surface area contributed by atoms with E-state index in [1.807, 2.05) is 6.20 Å². The fraction of sp³-hybridized carbons (Fsp3) is 0.353.